The van der Waals surface area contributed by atoms with E-state index in [2.05, 4.69) is 24.5 Å². The average Bonchev–Trinajstić information content (AvgIpc) is 2.24. The highest BCUT2D eigenvalue weighted by atomic mass is 16.4. The second kappa shape index (κ2) is 8.84. The van der Waals surface area contributed by atoms with Crippen molar-refractivity contribution < 1.29 is 14.7 Å². The van der Waals surface area contributed by atoms with E-state index in [1.165, 1.54) is 0 Å². The number of hydrogen-bond acceptors (Lipinski definition) is 2. The summed E-state index contributed by atoms with van der Waals surface area (Å²) in [7, 11) is 0. The van der Waals surface area contributed by atoms with Crippen molar-refractivity contribution in [3.05, 3.63) is 0 Å². The quantitative estimate of drug-likeness (QED) is 0.571. The van der Waals surface area contributed by atoms with E-state index in [9.17, 15) is 9.59 Å². The largest absolute Gasteiger partial charge is 0.480 e. The van der Waals surface area contributed by atoms with Crippen LogP contribution in [0.1, 0.15) is 46.5 Å². The molecule has 0 aromatic heterocycles. The number of unbranched alkanes of at least 4 members (excludes halogenated alkanes) is 1. The minimum Gasteiger partial charge on any atom is -0.480 e. The van der Waals surface area contributed by atoms with E-state index in [0.29, 0.717) is 18.9 Å². The summed E-state index contributed by atoms with van der Waals surface area (Å²) in [5, 5.41) is 13.8. The van der Waals surface area contributed by atoms with Crippen molar-refractivity contribution in [2.24, 2.45) is 5.92 Å². The fourth-order valence-electron chi connectivity index (χ4n) is 1.43. The zero-order valence-electron chi connectivity index (χ0n) is 11.0. The molecular formula is C12H24N2O3. The van der Waals surface area contributed by atoms with E-state index in [0.717, 1.165) is 19.3 Å². The summed E-state index contributed by atoms with van der Waals surface area (Å²) in [6, 6.07) is -1.20. The van der Waals surface area contributed by atoms with Crippen molar-refractivity contribution in [2.75, 3.05) is 6.54 Å². The van der Waals surface area contributed by atoms with Crippen LogP contribution in [-0.4, -0.2) is 29.7 Å². The fourth-order valence-corrected chi connectivity index (χ4v) is 1.43. The number of nitrogens with one attached hydrogen (secondary N) is 2. The molecule has 1 atom stereocenters. The zero-order valence-corrected chi connectivity index (χ0v) is 11.0. The number of carboxylic acids is 1. The molecule has 0 aromatic rings. The van der Waals surface area contributed by atoms with Gasteiger partial charge < -0.3 is 15.7 Å². The SMILES string of the molecule is CC[C@H](NC(=O)NCCCCC(C)C)C(=O)O. The average molecular weight is 244 g/mol. The molecule has 0 aliphatic rings. The van der Waals surface area contributed by atoms with Crippen LogP contribution in [0.3, 0.4) is 0 Å². The highest BCUT2D eigenvalue weighted by Gasteiger charge is 2.16. The number of carboxylic acid groups (broad SMARTS) is 1. The molecule has 5 nitrogen and oxygen atoms in total. The third kappa shape index (κ3) is 8.54. The molecule has 0 fully saturated rings. The van der Waals surface area contributed by atoms with Gasteiger partial charge in [-0.15, -0.1) is 0 Å². The number of amides is 2. The Morgan fingerprint density at radius 3 is 2.35 bits per heavy atom. The lowest BCUT2D eigenvalue weighted by Gasteiger charge is -2.13. The van der Waals surface area contributed by atoms with Crippen molar-refractivity contribution in [3.63, 3.8) is 0 Å². The second-order valence-electron chi connectivity index (χ2n) is 4.59. The molecule has 2 amide bonds. The molecule has 0 saturated heterocycles. The molecule has 100 valence electrons. The zero-order chi connectivity index (χ0) is 13.3. The highest BCUT2D eigenvalue weighted by Crippen LogP contribution is 2.04. The summed E-state index contributed by atoms with van der Waals surface area (Å²) >= 11 is 0. The first-order valence-corrected chi connectivity index (χ1v) is 6.24. The van der Waals surface area contributed by atoms with Gasteiger partial charge in [0.1, 0.15) is 6.04 Å². The Morgan fingerprint density at radius 2 is 1.88 bits per heavy atom. The van der Waals surface area contributed by atoms with E-state index in [-0.39, 0.29) is 0 Å². The lowest BCUT2D eigenvalue weighted by Crippen LogP contribution is -2.45. The van der Waals surface area contributed by atoms with Crippen LogP contribution in [0.15, 0.2) is 0 Å². The smallest absolute Gasteiger partial charge is 0.326 e. The number of carbonyl (C=O) groups is 2. The molecule has 0 saturated carbocycles. The molecule has 0 radical (unpaired) electrons. The standard InChI is InChI=1S/C12H24N2O3/c1-4-10(11(15)16)14-12(17)13-8-6-5-7-9(2)3/h9-10H,4-8H2,1-3H3,(H,15,16)(H2,13,14,17)/t10-/m0/s1. The normalized spacial score (nSPS) is 12.2. The first-order chi connectivity index (χ1) is 7.97. The van der Waals surface area contributed by atoms with Crippen molar-refractivity contribution >= 4 is 12.0 Å². The van der Waals surface area contributed by atoms with Crippen LogP contribution in [0, 0.1) is 5.92 Å². The minimum atomic E-state index is -0.998. The molecule has 5 heteroatoms. The third-order valence-electron chi connectivity index (χ3n) is 2.51. The van der Waals surface area contributed by atoms with E-state index < -0.39 is 18.0 Å². The molecule has 0 spiro atoms. The van der Waals surface area contributed by atoms with Crippen molar-refractivity contribution in [2.45, 2.75) is 52.5 Å². The van der Waals surface area contributed by atoms with Gasteiger partial charge in [0.15, 0.2) is 0 Å². The maximum Gasteiger partial charge on any atom is 0.326 e. The van der Waals surface area contributed by atoms with Gasteiger partial charge in [-0.3, -0.25) is 0 Å². The van der Waals surface area contributed by atoms with Crippen molar-refractivity contribution in [1.29, 1.82) is 0 Å². The predicted octanol–water partition coefficient (Wildman–Crippen LogP) is 1.98. The molecule has 0 aliphatic heterocycles. The monoisotopic (exact) mass is 244 g/mol. The minimum absolute atomic E-state index is 0.385. The molecular weight excluding hydrogens is 220 g/mol. The third-order valence-corrected chi connectivity index (χ3v) is 2.51. The summed E-state index contributed by atoms with van der Waals surface area (Å²) in [5.41, 5.74) is 0. The first-order valence-electron chi connectivity index (χ1n) is 6.24. The summed E-state index contributed by atoms with van der Waals surface area (Å²) in [6.07, 6.45) is 3.54. The van der Waals surface area contributed by atoms with Gasteiger partial charge in [-0.25, -0.2) is 9.59 Å². The van der Waals surface area contributed by atoms with Gasteiger partial charge in [0.2, 0.25) is 0 Å². The van der Waals surface area contributed by atoms with Gasteiger partial charge >= 0.3 is 12.0 Å². The molecule has 0 rings (SSSR count). The molecule has 0 heterocycles. The fraction of sp³-hybridized carbons (Fsp3) is 0.833. The van der Waals surface area contributed by atoms with Gasteiger partial charge in [-0.05, 0) is 18.8 Å². The lowest BCUT2D eigenvalue weighted by molar-refractivity contribution is -0.139. The van der Waals surface area contributed by atoms with Gasteiger partial charge in [0.05, 0.1) is 0 Å². The Morgan fingerprint density at radius 1 is 1.24 bits per heavy atom. The predicted molar refractivity (Wildman–Crippen MR) is 66.9 cm³/mol. The molecule has 0 aromatic carbocycles. The van der Waals surface area contributed by atoms with E-state index >= 15 is 0 Å². The highest BCUT2D eigenvalue weighted by molar-refractivity contribution is 5.82. The summed E-state index contributed by atoms with van der Waals surface area (Å²) < 4.78 is 0. The molecule has 0 bridgehead atoms. The first kappa shape index (κ1) is 15.7. The van der Waals surface area contributed by atoms with Gasteiger partial charge in [0, 0.05) is 6.54 Å². The number of aliphatic carboxylic acids is 1. The van der Waals surface area contributed by atoms with Gasteiger partial charge in [0.25, 0.3) is 0 Å². The Bertz CT molecular complexity index is 242. The molecule has 3 N–H and O–H groups in total. The topological polar surface area (TPSA) is 78.4 Å². The van der Waals surface area contributed by atoms with Crippen LogP contribution in [0.25, 0.3) is 0 Å². The van der Waals surface area contributed by atoms with Crippen LogP contribution in [0.4, 0.5) is 4.79 Å². The van der Waals surface area contributed by atoms with Crippen LogP contribution >= 0.6 is 0 Å². The van der Waals surface area contributed by atoms with E-state index in [1.54, 1.807) is 6.92 Å². The van der Waals surface area contributed by atoms with E-state index in [4.69, 9.17) is 5.11 Å². The number of hydrogen-bond donors (Lipinski definition) is 3. The number of urea groups is 1. The van der Waals surface area contributed by atoms with Gasteiger partial charge in [-0.2, -0.15) is 0 Å². The van der Waals surface area contributed by atoms with Crippen LogP contribution in [-0.2, 0) is 4.79 Å². The maximum absolute atomic E-state index is 11.3. The molecule has 17 heavy (non-hydrogen) atoms. The lowest BCUT2D eigenvalue weighted by atomic mass is 10.1. The Balaban J connectivity index is 3.62. The summed E-state index contributed by atoms with van der Waals surface area (Å²) in [5.74, 6) is -0.317. The summed E-state index contributed by atoms with van der Waals surface area (Å²) in [6.45, 7) is 6.65. The second-order valence-corrected chi connectivity index (χ2v) is 4.59. The van der Waals surface area contributed by atoms with Gasteiger partial charge in [-0.1, -0.05) is 33.6 Å². The molecule has 0 aliphatic carbocycles. The Hall–Kier alpha value is -1.26. The Labute approximate surface area is 103 Å². The van der Waals surface area contributed by atoms with Crippen LogP contribution in [0.2, 0.25) is 0 Å². The van der Waals surface area contributed by atoms with E-state index in [1.807, 2.05) is 0 Å². The van der Waals surface area contributed by atoms with Crippen molar-refractivity contribution in [1.82, 2.24) is 10.6 Å². The van der Waals surface area contributed by atoms with Crippen LogP contribution < -0.4 is 10.6 Å². The Kier molecular flexibility index (Phi) is 8.19. The van der Waals surface area contributed by atoms with Crippen molar-refractivity contribution in [3.8, 4) is 0 Å². The maximum atomic E-state index is 11.3. The molecule has 0 unspecified atom stereocenters. The number of rotatable bonds is 8. The summed E-state index contributed by atoms with van der Waals surface area (Å²) in [4.78, 5) is 22.0. The van der Waals surface area contributed by atoms with Crippen LogP contribution in [0.5, 0.6) is 0 Å². The number of carbonyl (C=O) groups excluding carboxylic acids is 1.